The Labute approximate surface area is 164 Å². The standard InChI is InChI=1S/C24H37NO2/c1-5-6-19-14-18(8-7-16(19)2)13-17(3)24-21(11-12-25)22-15-20(26-4)9-10-23(22)27-24/h9-10,15-19H,5-8,11-14,25H2,1-4H3. The van der Waals surface area contributed by atoms with Crippen molar-refractivity contribution < 1.29 is 9.15 Å². The van der Waals surface area contributed by atoms with Crippen molar-refractivity contribution in [3.63, 3.8) is 0 Å². The van der Waals surface area contributed by atoms with Gasteiger partial charge in [-0.3, -0.25) is 0 Å². The molecule has 0 saturated heterocycles. The summed E-state index contributed by atoms with van der Waals surface area (Å²) in [5, 5.41) is 1.17. The molecular formula is C24H37NO2. The minimum atomic E-state index is 0.436. The summed E-state index contributed by atoms with van der Waals surface area (Å²) in [6.07, 6.45) is 8.92. The second-order valence-corrected chi connectivity index (χ2v) is 8.69. The predicted octanol–water partition coefficient (Wildman–Crippen LogP) is 6.29. The molecule has 1 aromatic heterocycles. The lowest BCUT2D eigenvalue weighted by atomic mass is 9.70. The van der Waals surface area contributed by atoms with Crippen LogP contribution in [0.15, 0.2) is 22.6 Å². The average molecular weight is 372 g/mol. The highest BCUT2D eigenvalue weighted by Crippen LogP contribution is 2.42. The first-order chi connectivity index (χ1) is 13.1. The van der Waals surface area contributed by atoms with Crippen LogP contribution in [0.1, 0.15) is 76.5 Å². The molecule has 27 heavy (non-hydrogen) atoms. The van der Waals surface area contributed by atoms with Crippen LogP contribution in [0, 0.1) is 17.8 Å². The Morgan fingerprint density at radius 1 is 1.30 bits per heavy atom. The molecule has 2 aromatic rings. The van der Waals surface area contributed by atoms with E-state index in [1.807, 2.05) is 12.1 Å². The maximum absolute atomic E-state index is 6.34. The Morgan fingerprint density at radius 2 is 2.11 bits per heavy atom. The number of fused-ring (bicyclic) bond motifs is 1. The maximum atomic E-state index is 6.34. The molecule has 4 atom stereocenters. The van der Waals surface area contributed by atoms with E-state index < -0.39 is 0 Å². The molecule has 0 amide bonds. The van der Waals surface area contributed by atoms with Gasteiger partial charge in [-0.2, -0.15) is 0 Å². The number of hydrogen-bond acceptors (Lipinski definition) is 3. The molecule has 1 aromatic carbocycles. The monoisotopic (exact) mass is 371 g/mol. The largest absolute Gasteiger partial charge is 0.497 e. The summed E-state index contributed by atoms with van der Waals surface area (Å²) in [4.78, 5) is 0. The normalized spacial score (nSPS) is 24.3. The van der Waals surface area contributed by atoms with Crippen molar-refractivity contribution in [1.82, 2.24) is 0 Å². The van der Waals surface area contributed by atoms with E-state index in [-0.39, 0.29) is 0 Å². The summed E-state index contributed by atoms with van der Waals surface area (Å²) < 4.78 is 11.8. The third-order valence-electron chi connectivity index (χ3n) is 6.69. The lowest BCUT2D eigenvalue weighted by molar-refractivity contribution is 0.168. The van der Waals surface area contributed by atoms with Crippen LogP contribution < -0.4 is 10.5 Å². The van der Waals surface area contributed by atoms with Crippen molar-refractivity contribution in [2.24, 2.45) is 23.5 Å². The molecule has 1 aliphatic carbocycles. The minimum absolute atomic E-state index is 0.436. The molecule has 0 radical (unpaired) electrons. The first-order valence-electron chi connectivity index (χ1n) is 10.9. The second kappa shape index (κ2) is 9.14. The van der Waals surface area contributed by atoms with Gasteiger partial charge in [-0.25, -0.2) is 0 Å². The molecule has 3 heteroatoms. The molecule has 1 aliphatic rings. The van der Waals surface area contributed by atoms with Gasteiger partial charge in [0.05, 0.1) is 7.11 Å². The fourth-order valence-corrected chi connectivity index (χ4v) is 5.18. The molecule has 1 heterocycles. The topological polar surface area (TPSA) is 48.4 Å². The number of hydrogen-bond donors (Lipinski definition) is 1. The zero-order chi connectivity index (χ0) is 19.4. The van der Waals surface area contributed by atoms with E-state index in [2.05, 4.69) is 26.8 Å². The minimum Gasteiger partial charge on any atom is -0.497 e. The van der Waals surface area contributed by atoms with E-state index >= 15 is 0 Å². The molecule has 4 unspecified atom stereocenters. The van der Waals surface area contributed by atoms with Crippen molar-refractivity contribution in [2.75, 3.05) is 13.7 Å². The Kier molecular flexibility index (Phi) is 6.86. The van der Waals surface area contributed by atoms with Crippen molar-refractivity contribution in [2.45, 2.75) is 71.6 Å². The maximum Gasteiger partial charge on any atom is 0.134 e. The molecule has 3 nitrogen and oxygen atoms in total. The van der Waals surface area contributed by atoms with Gasteiger partial charge in [0, 0.05) is 16.9 Å². The predicted molar refractivity (Wildman–Crippen MR) is 113 cm³/mol. The third kappa shape index (κ3) is 4.51. The summed E-state index contributed by atoms with van der Waals surface area (Å²) in [6.45, 7) is 7.75. The molecule has 2 N–H and O–H groups in total. The molecule has 150 valence electrons. The van der Waals surface area contributed by atoms with Gasteiger partial charge in [-0.1, -0.05) is 46.5 Å². The van der Waals surface area contributed by atoms with Crippen molar-refractivity contribution in [1.29, 1.82) is 0 Å². The van der Waals surface area contributed by atoms with Crippen molar-refractivity contribution in [3.8, 4) is 5.75 Å². The van der Waals surface area contributed by atoms with Gasteiger partial charge in [0.15, 0.2) is 0 Å². The molecule has 0 aliphatic heterocycles. The summed E-state index contributed by atoms with van der Waals surface area (Å²) >= 11 is 0. The number of ether oxygens (including phenoxy) is 1. The van der Waals surface area contributed by atoms with E-state index in [4.69, 9.17) is 14.9 Å². The van der Waals surface area contributed by atoms with Crippen LogP contribution in [0.3, 0.4) is 0 Å². The quantitative estimate of drug-likeness (QED) is 0.593. The van der Waals surface area contributed by atoms with Gasteiger partial charge in [-0.15, -0.1) is 0 Å². The number of nitrogens with two attached hydrogens (primary N) is 1. The molecule has 1 fully saturated rings. The molecule has 0 spiro atoms. The molecule has 0 bridgehead atoms. The van der Waals surface area contributed by atoms with Crippen LogP contribution in [0.2, 0.25) is 0 Å². The fraction of sp³-hybridized carbons (Fsp3) is 0.667. The van der Waals surface area contributed by atoms with Crippen LogP contribution in [0.5, 0.6) is 5.75 Å². The summed E-state index contributed by atoms with van der Waals surface area (Å²) in [5.74, 6) is 5.08. The highest BCUT2D eigenvalue weighted by atomic mass is 16.5. The lowest BCUT2D eigenvalue weighted by Gasteiger charge is -2.35. The van der Waals surface area contributed by atoms with E-state index in [1.54, 1.807) is 7.11 Å². The van der Waals surface area contributed by atoms with E-state index in [1.165, 1.54) is 49.5 Å². The zero-order valence-electron chi connectivity index (χ0n) is 17.6. The van der Waals surface area contributed by atoms with E-state index in [0.717, 1.165) is 41.3 Å². The molecule has 1 saturated carbocycles. The average Bonchev–Trinajstić information content (AvgIpc) is 3.03. The summed E-state index contributed by atoms with van der Waals surface area (Å²) in [6, 6.07) is 6.11. The molecule has 3 rings (SSSR count). The fourth-order valence-electron chi connectivity index (χ4n) is 5.18. The van der Waals surface area contributed by atoms with Gasteiger partial charge in [-0.05, 0) is 61.8 Å². The highest BCUT2D eigenvalue weighted by molar-refractivity contribution is 5.84. The molecular weight excluding hydrogens is 334 g/mol. The number of methoxy groups -OCH3 is 1. The smallest absolute Gasteiger partial charge is 0.134 e. The number of furan rings is 1. The van der Waals surface area contributed by atoms with Crippen LogP contribution in [0.25, 0.3) is 11.0 Å². The highest BCUT2D eigenvalue weighted by Gasteiger charge is 2.29. The van der Waals surface area contributed by atoms with Gasteiger partial charge in [0.25, 0.3) is 0 Å². The summed E-state index contributed by atoms with van der Waals surface area (Å²) in [5.41, 5.74) is 8.17. The van der Waals surface area contributed by atoms with Crippen molar-refractivity contribution >= 4 is 11.0 Å². The van der Waals surface area contributed by atoms with Gasteiger partial charge < -0.3 is 14.9 Å². The van der Waals surface area contributed by atoms with Gasteiger partial charge >= 0.3 is 0 Å². The zero-order valence-corrected chi connectivity index (χ0v) is 17.6. The Hall–Kier alpha value is -1.48. The Balaban J connectivity index is 1.80. The van der Waals surface area contributed by atoms with Crippen LogP contribution in [0.4, 0.5) is 0 Å². The van der Waals surface area contributed by atoms with E-state index in [9.17, 15) is 0 Å². The number of benzene rings is 1. The number of rotatable bonds is 8. The van der Waals surface area contributed by atoms with Crippen LogP contribution in [-0.4, -0.2) is 13.7 Å². The van der Waals surface area contributed by atoms with Gasteiger partial charge in [0.2, 0.25) is 0 Å². The Bertz CT molecular complexity index is 735. The van der Waals surface area contributed by atoms with Crippen LogP contribution in [-0.2, 0) is 6.42 Å². The first-order valence-corrected chi connectivity index (χ1v) is 10.9. The van der Waals surface area contributed by atoms with E-state index in [0.29, 0.717) is 12.5 Å². The lowest BCUT2D eigenvalue weighted by Crippen LogP contribution is -2.24. The first kappa shape index (κ1) is 20.3. The van der Waals surface area contributed by atoms with Gasteiger partial charge in [0.1, 0.15) is 17.1 Å². The summed E-state index contributed by atoms with van der Waals surface area (Å²) in [7, 11) is 1.71. The van der Waals surface area contributed by atoms with Crippen LogP contribution >= 0.6 is 0 Å². The second-order valence-electron chi connectivity index (χ2n) is 8.69. The van der Waals surface area contributed by atoms with Crippen molar-refractivity contribution in [3.05, 3.63) is 29.5 Å². The Morgan fingerprint density at radius 3 is 2.81 bits per heavy atom. The SMILES string of the molecule is CCCC1CC(CC(C)c2oc3ccc(OC)cc3c2CCN)CCC1C. The third-order valence-corrected chi connectivity index (χ3v) is 6.69.